The molecule has 0 saturated carbocycles. The molecule has 4 heteroatoms. The van der Waals surface area contributed by atoms with Gasteiger partial charge < -0.3 is 15.1 Å². The third kappa shape index (κ3) is 2.56. The summed E-state index contributed by atoms with van der Waals surface area (Å²) in [5.74, 6) is 0. The van der Waals surface area contributed by atoms with Crippen LogP contribution < -0.4 is 16.3 Å². The third-order valence-electron chi connectivity index (χ3n) is 3.79. The maximum absolute atomic E-state index is 12.0. The highest BCUT2D eigenvalue weighted by Crippen LogP contribution is 2.25. The Kier molecular flexibility index (Phi) is 4.45. The Morgan fingerprint density at radius 3 is 2.55 bits per heavy atom. The maximum Gasteiger partial charge on any atom is 0.339 e. The molecule has 1 heterocycles. The SMILES string of the molecule is CCN(CC)c1ccc2c(C)c(CCN)c(=O)oc2c1. The normalized spacial score (nSPS) is 11.0. The van der Waals surface area contributed by atoms with E-state index in [2.05, 4.69) is 24.8 Å². The van der Waals surface area contributed by atoms with Crippen LogP contribution in [0.25, 0.3) is 11.0 Å². The fourth-order valence-electron chi connectivity index (χ4n) is 2.60. The smallest absolute Gasteiger partial charge is 0.339 e. The third-order valence-corrected chi connectivity index (χ3v) is 3.79. The Bertz CT molecular complexity index is 657. The molecule has 108 valence electrons. The lowest BCUT2D eigenvalue weighted by molar-refractivity contribution is 0.548. The van der Waals surface area contributed by atoms with E-state index in [1.54, 1.807) is 0 Å². The first kappa shape index (κ1) is 14.6. The molecule has 0 unspecified atom stereocenters. The van der Waals surface area contributed by atoms with Gasteiger partial charge in [0, 0.05) is 35.8 Å². The highest BCUT2D eigenvalue weighted by Gasteiger charge is 2.12. The number of benzene rings is 1. The number of rotatable bonds is 5. The highest BCUT2D eigenvalue weighted by molar-refractivity contribution is 5.84. The first-order valence-electron chi connectivity index (χ1n) is 7.13. The van der Waals surface area contributed by atoms with E-state index in [0.717, 1.165) is 29.7 Å². The van der Waals surface area contributed by atoms with E-state index in [1.165, 1.54) is 0 Å². The van der Waals surface area contributed by atoms with Crippen molar-refractivity contribution in [1.82, 2.24) is 0 Å². The molecule has 1 aromatic carbocycles. The van der Waals surface area contributed by atoms with Gasteiger partial charge >= 0.3 is 5.63 Å². The van der Waals surface area contributed by atoms with Crippen LogP contribution >= 0.6 is 0 Å². The van der Waals surface area contributed by atoms with Gasteiger partial charge in [-0.1, -0.05) is 0 Å². The van der Waals surface area contributed by atoms with Crippen molar-refractivity contribution in [2.75, 3.05) is 24.5 Å². The topological polar surface area (TPSA) is 59.5 Å². The Morgan fingerprint density at radius 1 is 1.25 bits per heavy atom. The van der Waals surface area contributed by atoms with Gasteiger partial charge in [-0.3, -0.25) is 0 Å². The lowest BCUT2D eigenvalue weighted by Gasteiger charge is -2.21. The summed E-state index contributed by atoms with van der Waals surface area (Å²) < 4.78 is 5.47. The van der Waals surface area contributed by atoms with Gasteiger partial charge in [-0.15, -0.1) is 0 Å². The number of fused-ring (bicyclic) bond motifs is 1. The first-order valence-corrected chi connectivity index (χ1v) is 7.13. The number of nitrogens with zero attached hydrogens (tertiary/aromatic N) is 1. The van der Waals surface area contributed by atoms with Crippen molar-refractivity contribution in [1.29, 1.82) is 0 Å². The predicted octanol–water partition coefficient (Wildman–Crippen LogP) is 2.45. The zero-order valence-electron chi connectivity index (χ0n) is 12.4. The van der Waals surface area contributed by atoms with Gasteiger partial charge in [0.2, 0.25) is 0 Å². The lowest BCUT2D eigenvalue weighted by Crippen LogP contribution is -2.21. The van der Waals surface area contributed by atoms with Crippen LogP contribution in [0.5, 0.6) is 0 Å². The molecule has 0 aliphatic carbocycles. The second-order valence-corrected chi connectivity index (χ2v) is 4.88. The van der Waals surface area contributed by atoms with Crippen LogP contribution in [0.1, 0.15) is 25.0 Å². The zero-order valence-corrected chi connectivity index (χ0v) is 12.4. The minimum absolute atomic E-state index is 0.267. The average molecular weight is 274 g/mol. The van der Waals surface area contributed by atoms with Crippen LogP contribution in [0.15, 0.2) is 27.4 Å². The van der Waals surface area contributed by atoms with Gasteiger partial charge in [-0.25, -0.2) is 4.79 Å². The van der Waals surface area contributed by atoms with Crippen molar-refractivity contribution in [2.45, 2.75) is 27.2 Å². The lowest BCUT2D eigenvalue weighted by atomic mass is 10.0. The molecule has 0 radical (unpaired) electrons. The van der Waals surface area contributed by atoms with E-state index in [1.807, 2.05) is 19.1 Å². The predicted molar refractivity (Wildman–Crippen MR) is 83.5 cm³/mol. The fraction of sp³-hybridized carbons (Fsp3) is 0.438. The van der Waals surface area contributed by atoms with Crippen LogP contribution in [-0.2, 0) is 6.42 Å². The Hall–Kier alpha value is -1.81. The van der Waals surface area contributed by atoms with Crippen molar-refractivity contribution in [3.05, 3.63) is 39.7 Å². The van der Waals surface area contributed by atoms with Gasteiger partial charge in [0.1, 0.15) is 5.58 Å². The van der Waals surface area contributed by atoms with Crippen LogP contribution in [0.2, 0.25) is 0 Å². The molecular formula is C16H22N2O2. The Labute approximate surface area is 119 Å². The molecule has 20 heavy (non-hydrogen) atoms. The van der Waals surface area contributed by atoms with Gasteiger partial charge in [-0.2, -0.15) is 0 Å². The summed E-state index contributed by atoms with van der Waals surface area (Å²) in [6.07, 6.45) is 0.557. The second-order valence-electron chi connectivity index (χ2n) is 4.88. The standard InChI is InChI=1S/C16H22N2O2/c1-4-18(5-2)12-6-7-13-11(3)14(8-9-17)16(19)20-15(13)10-12/h6-7,10H,4-5,8-9,17H2,1-3H3. The summed E-state index contributed by atoms with van der Waals surface area (Å²) in [6.45, 7) is 8.49. The number of nitrogens with two attached hydrogens (primary N) is 1. The fourth-order valence-corrected chi connectivity index (χ4v) is 2.60. The molecule has 2 aromatic rings. The summed E-state index contributed by atoms with van der Waals surface area (Å²) in [5, 5.41) is 0.990. The second kappa shape index (κ2) is 6.09. The van der Waals surface area contributed by atoms with Gasteiger partial charge in [-0.05, 0) is 51.4 Å². The van der Waals surface area contributed by atoms with Crippen LogP contribution in [0.4, 0.5) is 5.69 Å². The average Bonchev–Trinajstić information content (AvgIpc) is 2.44. The minimum atomic E-state index is -0.267. The molecule has 1 aromatic heterocycles. The molecule has 4 nitrogen and oxygen atoms in total. The summed E-state index contributed by atoms with van der Waals surface area (Å²) in [5.41, 5.74) is 8.69. The van der Waals surface area contributed by atoms with Gasteiger partial charge in [0.15, 0.2) is 0 Å². The largest absolute Gasteiger partial charge is 0.422 e. The van der Waals surface area contributed by atoms with E-state index in [-0.39, 0.29) is 5.63 Å². The van der Waals surface area contributed by atoms with Crippen LogP contribution in [-0.4, -0.2) is 19.6 Å². The van der Waals surface area contributed by atoms with Gasteiger partial charge in [0.25, 0.3) is 0 Å². The zero-order chi connectivity index (χ0) is 14.7. The number of aryl methyl sites for hydroxylation is 1. The molecule has 0 saturated heterocycles. The van der Waals surface area contributed by atoms with E-state index < -0.39 is 0 Å². The Balaban J connectivity index is 2.60. The first-order chi connectivity index (χ1) is 9.62. The van der Waals surface area contributed by atoms with Gasteiger partial charge in [0.05, 0.1) is 0 Å². The maximum atomic E-state index is 12.0. The molecule has 2 N–H and O–H groups in total. The highest BCUT2D eigenvalue weighted by atomic mass is 16.4. The summed E-state index contributed by atoms with van der Waals surface area (Å²) in [7, 11) is 0. The van der Waals surface area contributed by atoms with E-state index in [9.17, 15) is 4.79 Å². The quantitative estimate of drug-likeness (QED) is 0.851. The summed E-state index contributed by atoms with van der Waals surface area (Å²) >= 11 is 0. The van der Waals surface area contributed by atoms with Crippen molar-refractivity contribution in [2.24, 2.45) is 5.73 Å². The summed E-state index contributed by atoms with van der Waals surface area (Å²) in [6, 6.07) is 6.05. The number of hydrogen-bond donors (Lipinski definition) is 1. The number of hydrogen-bond acceptors (Lipinski definition) is 4. The van der Waals surface area contributed by atoms with E-state index in [4.69, 9.17) is 10.2 Å². The molecule has 0 bridgehead atoms. The van der Waals surface area contributed by atoms with Crippen molar-refractivity contribution in [3.63, 3.8) is 0 Å². The molecule has 0 atom stereocenters. The Morgan fingerprint density at radius 2 is 1.95 bits per heavy atom. The molecule has 0 fully saturated rings. The molecule has 2 rings (SSSR count). The summed E-state index contributed by atoms with van der Waals surface area (Å²) in [4.78, 5) is 14.3. The monoisotopic (exact) mass is 274 g/mol. The molecule has 0 aliphatic heterocycles. The molecule has 0 amide bonds. The van der Waals surface area contributed by atoms with Crippen LogP contribution in [0.3, 0.4) is 0 Å². The molecular weight excluding hydrogens is 252 g/mol. The van der Waals surface area contributed by atoms with Crippen molar-refractivity contribution < 1.29 is 4.42 Å². The van der Waals surface area contributed by atoms with Crippen LogP contribution in [0, 0.1) is 6.92 Å². The molecule has 0 aliphatic rings. The minimum Gasteiger partial charge on any atom is -0.422 e. The van der Waals surface area contributed by atoms with E-state index >= 15 is 0 Å². The molecule has 0 spiro atoms. The van der Waals surface area contributed by atoms with Crippen molar-refractivity contribution in [3.8, 4) is 0 Å². The number of anilines is 1. The van der Waals surface area contributed by atoms with E-state index in [0.29, 0.717) is 24.1 Å². The van der Waals surface area contributed by atoms with Crippen molar-refractivity contribution >= 4 is 16.7 Å².